The summed E-state index contributed by atoms with van der Waals surface area (Å²) in [4.78, 5) is 23.9. The molecule has 13 heteroatoms. The summed E-state index contributed by atoms with van der Waals surface area (Å²) in [5.41, 5.74) is 18.2. The fourth-order valence-corrected chi connectivity index (χ4v) is 4.98. The minimum Gasteiger partial charge on any atom is -0.370 e. The van der Waals surface area contributed by atoms with E-state index in [1.165, 1.54) is 6.07 Å². The number of fused-ring (bicyclic) bond motifs is 1. The van der Waals surface area contributed by atoms with E-state index in [1.807, 2.05) is 30.5 Å². The molecule has 0 bridgehead atoms. The number of nitrogens with two attached hydrogens (primary N) is 3. The van der Waals surface area contributed by atoms with Crippen molar-refractivity contribution >= 4 is 17.0 Å². The van der Waals surface area contributed by atoms with E-state index in [2.05, 4.69) is 47.1 Å². The van der Waals surface area contributed by atoms with Crippen LogP contribution < -0.4 is 28.2 Å². The van der Waals surface area contributed by atoms with Crippen molar-refractivity contribution in [3.05, 3.63) is 92.9 Å². The van der Waals surface area contributed by atoms with Gasteiger partial charge in [0.05, 0.1) is 11.3 Å². The van der Waals surface area contributed by atoms with Crippen molar-refractivity contribution in [2.24, 2.45) is 22.2 Å². The van der Waals surface area contributed by atoms with Crippen molar-refractivity contribution in [2.45, 2.75) is 97.3 Å². The molecule has 1 atom stereocenters. The van der Waals surface area contributed by atoms with E-state index >= 15 is 0 Å². The lowest BCUT2D eigenvalue weighted by molar-refractivity contribution is -0.140. The maximum Gasteiger partial charge on any atom is 0.419 e. The molecule has 0 saturated carbocycles. The zero-order valence-corrected chi connectivity index (χ0v) is 29.4. The highest BCUT2D eigenvalue weighted by molar-refractivity contribution is 5.76. The van der Waals surface area contributed by atoms with E-state index in [0.717, 1.165) is 47.9 Å². The van der Waals surface area contributed by atoms with Gasteiger partial charge in [-0.05, 0) is 79.1 Å². The highest BCUT2D eigenvalue weighted by atomic mass is 19.4. The Balaban J connectivity index is 0.000000286. The van der Waals surface area contributed by atoms with Gasteiger partial charge in [0.2, 0.25) is 0 Å². The van der Waals surface area contributed by atoms with E-state index in [1.54, 1.807) is 32.3 Å². The molecule has 268 valence electrons. The molecule has 4 aromatic rings. The molecule has 49 heavy (non-hydrogen) atoms. The van der Waals surface area contributed by atoms with Gasteiger partial charge in [0.15, 0.2) is 5.96 Å². The van der Waals surface area contributed by atoms with Crippen LogP contribution in [0.2, 0.25) is 0 Å². The summed E-state index contributed by atoms with van der Waals surface area (Å²) in [6, 6.07) is 12.2. The van der Waals surface area contributed by atoms with Crippen molar-refractivity contribution < 1.29 is 17.6 Å². The zero-order chi connectivity index (χ0) is 36.7. The summed E-state index contributed by atoms with van der Waals surface area (Å²) in [5, 5.41) is 4.27. The lowest BCUT2D eigenvalue weighted by Crippen LogP contribution is -2.23. The summed E-state index contributed by atoms with van der Waals surface area (Å²) >= 11 is 0. The number of halogens is 4. The fourth-order valence-electron chi connectivity index (χ4n) is 4.98. The minimum absolute atomic E-state index is 0.0352. The number of aromatic nitrogens is 3. The van der Waals surface area contributed by atoms with Crippen LogP contribution >= 0.6 is 0 Å². The molecule has 9 nitrogen and oxygen atoms in total. The average molecular weight is 687 g/mol. The Bertz CT molecular complexity index is 1740. The number of H-pyrrole nitrogens is 1. The Morgan fingerprint density at radius 2 is 1.61 bits per heavy atom. The van der Waals surface area contributed by atoms with Crippen molar-refractivity contribution in [3.63, 3.8) is 0 Å². The van der Waals surface area contributed by atoms with Gasteiger partial charge in [-0.1, -0.05) is 59.7 Å². The Hall–Kier alpha value is -4.23. The molecule has 0 unspecified atom stereocenters. The van der Waals surface area contributed by atoms with Crippen LogP contribution in [0.1, 0.15) is 89.3 Å². The second-order valence-electron chi connectivity index (χ2n) is 14.4. The molecule has 0 radical (unpaired) electrons. The maximum absolute atomic E-state index is 14.1. The molecule has 0 fully saturated rings. The monoisotopic (exact) mass is 686 g/mol. The third kappa shape index (κ3) is 11.4. The number of alkyl halides is 3. The minimum atomic E-state index is -4.69. The molecule has 0 aliphatic heterocycles. The van der Waals surface area contributed by atoms with Crippen LogP contribution in [0.25, 0.3) is 16.7 Å². The van der Waals surface area contributed by atoms with Gasteiger partial charge in [-0.15, -0.1) is 0 Å². The Kier molecular flexibility index (Phi) is 12.8. The summed E-state index contributed by atoms with van der Waals surface area (Å²) in [6.45, 7) is 15.4. The standard InChI is InChI=1S/C21H29N7O.C15H21F4N/c1-21(2,3)17-11-15-13-28(20(29)27-18(15)26-17)16-7-5-14(6-8-16)12-24-9-4-10-25-19(22)23;1-9(20)5-6-10-7-11(14(2,3)4)13(16)12(8-10)15(17,18)19/h5-8,11,13,24H,4,9-10,12H2,1-3H3,(H4,22,23,25)(H,26,27,29);7-9H,5-6,20H2,1-4H3/t;9-/m.1/s1. The second kappa shape index (κ2) is 16.0. The van der Waals surface area contributed by atoms with Gasteiger partial charge in [-0.3, -0.25) is 9.56 Å². The molecule has 0 amide bonds. The van der Waals surface area contributed by atoms with E-state index in [-0.39, 0.29) is 28.7 Å². The predicted octanol–water partition coefficient (Wildman–Crippen LogP) is 6.19. The van der Waals surface area contributed by atoms with Crippen LogP contribution in [0.5, 0.6) is 0 Å². The first-order valence-corrected chi connectivity index (χ1v) is 16.3. The molecular formula is C36H50F4N8O. The molecule has 8 N–H and O–H groups in total. The summed E-state index contributed by atoms with van der Waals surface area (Å²) < 4.78 is 54.5. The van der Waals surface area contributed by atoms with Crippen LogP contribution in [-0.2, 0) is 30.0 Å². The molecule has 0 aliphatic rings. The molecule has 0 saturated heterocycles. The highest BCUT2D eigenvalue weighted by Crippen LogP contribution is 2.37. The van der Waals surface area contributed by atoms with Crippen LogP contribution in [0, 0.1) is 5.82 Å². The molecule has 0 aliphatic carbocycles. The van der Waals surface area contributed by atoms with Gasteiger partial charge in [0.25, 0.3) is 0 Å². The number of benzene rings is 2. The topological polar surface area (TPSA) is 153 Å². The highest BCUT2D eigenvalue weighted by Gasteiger charge is 2.37. The third-order valence-electron chi connectivity index (χ3n) is 7.80. The smallest absolute Gasteiger partial charge is 0.370 e. The lowest BCUT2D eigenvalue weighted by atomic mass is 9.83. The fraction of sp³-hybridized carbons (Fsp3) is 0.472. The Morgan fingerprint density at radius 3 is 2.16 bits per heavy atom. The van der Waals surface area contributed by atoms with Gasteiger partial charge in [0, 0.05) is 41.8 Å². The van der Waals surface area contributed by atoms with Crippen molar-refractivity contribution in [2.75, 3.05) is 13.1 Å². The van der Waals surface area contributed by atoms with Crippen LogP contribution in [0.3, 0.4) is 0 Å². The summed E-state index contributed by atoms with van der Waals surface area (Å²) in [5.74, 6) is -1.05. The van der Waals surface area contributed by atoms with Crippen LogP contribution in [-0.4, -0.2) is 39.6 Å². The largest absolute Gasteiger partial charge is 0.419 e. The van der Waals surface area contributed by atoms with Crippen molar-refractivity contribution in [3.8, 4) is 5.69 Å². The van der Waals surface area contributed by atoms with E-state index in [4.69, 9.17) is 17.2 Å². The van der Waals surface area contributed by atoms with Gasteiger partial charge in [-0.2, -0.15) is 18.2 Å². The van der Waals surface area contributed by atoms with Crippen LogP contribution in [0.15, 0.2) is 58.4 Å². The number of guanidine groups is 1. The molecule has 0 spiro atoms. The van der Waals surface area contributed by atoms with E-state index < -0.39 is 23.0 Å². The first kappa shape index (κ1) is 39.2. The van der Waals surface area contributed by atoms with Crippen molar-refractivity contribution in [1.82, 2.24) is 19.9 Å². The van der Waals surface area contributed by atoms with Gasteiger partial charge < -0.3 is 27.5 Å². The summed E-state index contributed by atoms with van der Waals surface area (Å²) in [7, 11) is 0. The van der Waals surface area contributed by atoms with Crippen LogP contribution in [0.4, 0.5) is 17.6 Å². The quantitative estimate of drug-likeness (QED) is 0.0581. The van der Waals surface area contributed by atoms with Gasteiger partial charge in [0.1, 0.15) is 11.5 Å². The van der Waals surface area contributed by atoms with E-state index in [9.17, 15) is 22.4 Å². The number of nitrogens with zero attached hydrogens (tertiary/aromatic N) is 3. The second-order valence-corrected chi connectivity index (χ2v) is 14.4. The number of nitrogens with one attached hydrogen (secondary N) is 2. The number of hydrogen-bond acceptors (Lipinski definition) is 5. The Morgan fingerprint density at radius 1 is 0.980 bits per heavy atom. The Labute approximate surface area is 285 Å². The number of aliphatic imine (C=N–C) groups is 1. The zero-order valence-electron chi connectivity index (χ0n) is 29.4. The molecule has 2 heterocycles. The maximum atomic E-state index is 14.1. The van der Waals surface area contributed by atoms with E-state index in [0.29, 0.717) is 30.6 Å². The first-order chi connectivity index (χ1) is 22.7. The lowest BCUT2D eigenvalue weighted by Gasteiger charge is -2.23. The molecule has 2 aromatic heterocycles. The van der Waals surface area contributed by atoms with Gasteiger partial charge >= 0.3 is 11.9 Å². The van der Waals surface area contributed by atoms with Crippen molar-refractivity contribution in [1.29, 1.82) is 0 Å². The normalized spacial score (nSPS) is 12.8. The number of rotatable bonds is 10. The number of hydrogen-bond donors (Lipinski definition) is 5. The SMILES string of the molecule is CC(C)(C)c1cc2cn(-c3ccc(CNCCCN=C(N)N)cc3)c(=O)nc2[nH]1.C[C@@H](N)CCc1cc(C(C)(C)C)c(F)c(C(F)(F)F)c1. The number of aromatic amines is 1. The predicted molar refractivity (Wildman–Crippen MR) is 189 cm³/mol. The molecular weight excluding hydrogens is 636 g/mol. The third-order valence-corrected chi connectivity index (χ3v) is 7.80. The van der Waals surface area contributed by atoms with Gasteiger partial charge in [-0.25, -0.2) is 9.18 Å². The average Bonchev–Trinajstić information content (AvgIpc) is 3.41. The first-order valence-electron chi connectivity index (χ1n) is 16.3. The number of aryl methyl sites for hydroxylation is 1. The molecule has 4 rings (SSSR count). The molecule has 2 aromatic carbocycles. The summed E-state index contributed by atoms with van der Waals surface area (Å²) in [6.07, 6.45) is -1.01.